The lowest BCUT2D eigenvalue weighted by molar-refractivity contribution is 0.0992. The van der Waals surface area contributed by atoms with Crippen molar-refractivity contribution in [1.29, 1.82) is 0 Å². The third-order valence-corrected chi connectivity index (χ3v) is 3.41. The summed E-state index contributed by atoms with van der Waals surface area (Å²) in [5.74, 6) is -2.65. The topological polar surface area (TPSA) is 63.2 Å². The second kappa shape index (κ2) is 5.33. The third kappa shape index (κ3) is 3.86. The summed E-state index contributed by atoms with van der Waals surface area (Å²) in [4.78, 5) is 11.4. The van der Waals surface area contributed by atoms with E-state index in [9.17, 15) is 22.0 Å². The molecule has 7 heteroatoms. The van der Waals surface area contributed by atoms with Crippen LogP contribution in [0.5, 0.6) is 0 Å². The molecule has 0 bridgehead atoms. The molecule has 0 saturated carbocycles. The highest BCUT2D eigenvalue weighted by atomic mass is 32.2. The first-order chi connectivity index (χ1) is 7.85. The van der Waals surface area contributed by atoms with Gasteiger partial charge in [-0.1, -0.05) is 0 Å². The van der Waals surface area contributed by atoms with Gasteiger partial charge in [-0.3, -0.25) is 4.79 Å². The summed E-state index contributed by atoms with van der Waals surface area (Å²) < 4.78 is 50.0. The van der Waals surface area contributed by atoms with Crippen LogP contribution in [-0.2, 0) is 10.0 Å². The number of carbonyl (C=O) groups is 1. The number of rotatable bonds is 5. The molecule has 0 fully saturated rings. The maximum absolute atomic E-state index is 13.2. The molecular weight excluding hydrogens is 252 g/mol. The molecule has 0 atom stereocenters. The largest absolute Gasteiger partial charge is 0.293 e. The highest BCUT2D eigenvalue weighted by Crippen LogP contribution is 2.10. The fourth-order valence-corrected chi connectivity index (χ4v) is 1.64. The van der Waals surface area contributed by atoms with Gasteiger partial charge in [0.15, 0.2) is 5.78 Å². The fourth-order valence-electron chi connectivity index (χ4n) is 1.08. The van der Waals surface area contributed by atoms with Gasteiger partial charge < -0.3 is 0 Å². The fraction of sp³-hybridized carbons (Fsp3) is 0.300. The first kappa shape index (κ1) is 13.7. The van der Waals surface area contributed by atoms with E-state index in [0.29, 0.717) is 0 Å². The average molecular weight is 263 g/mol. The predicted octanol–water partition coefficient (Wildman–Crippen LogP) is 1.09. The van der Waals surface area contributed by atoms with Gasteiger partial charge in [0, 0.05) is 0 Å². The van der Waals surface area contributed by atoms with Gasteiger partial charge in [-0.2, -0.15) is 0 Å². The summed E-state index contributed by atoms with van der Waals surface area (Å²) in [5, 5.41) is 0. The number of ketones is 1. The smallest absolute Gasteiger partial charge is 0.211 e. The first-order valence-corrected chi connectivity index (χ1v) is 6.46. The second-order valence-corrected chi connectivity index (χ2v) is 5.37. The van der Waals surface area contributed by atoms with Crippen LogP contribution in [0, 0.1) is 11.6 Å². The standard InChI is InChI=1S/C10H11F2NO3S/c1-2-17(15,16)13-6-10(14)8-5-7(11)3-4-9(8)12/h3-5,13H,2,6H2,1H3. The summed E-state index contributed by atoms with van der Waals surface area (Å²) in [6.07, 6.45) is 0. The van der Waals surface area contributed by atoms with Crippen molar-refractivity contribution in [1.82, 2.24) is 4.72 Å². The molecule has 0 saturated heterocycles. The van der Waals surface area contributed by atoms with Gasteiger partial charge in [-0.05, 0) is 25.1 Å². The molecule has 0 unspecified atom stereocenters. The Hall–Kier alpha value is -1.34. The van der Waals surface area contributed by atoms with Crippen LogP contribution in [0.2, 0.25) is 0 Å². The number of sulfonamides is 1. The molecule has 1 rings (SSSR count). The molecule has 0 heterocycles. The van der Waals surface area contributed by atoms with Gasteiger partial charge in [0.25, 0.3) is 0 Å². The Kier molecular flexibility index (Phi) is 4.30. The Morgan fingerprint density at radius 1 is 1.35 bits per heavy atom. The second-order valence-electron chi connectivity index (χ2n) is 3.27. The number of carbonyl (C=O) groups excluding carboxylic acids is 1. The van der Waals surface area contributed by atoms with Gasteiger partial charge in [-0.25, -0.2) is 21.9 Å². The highest BCUT2D eigenvalue weighted by Gasteiger charge is 2.15. The van der Waals surface area contributed by atoms with Crippen molar-refractivity contribution in [3.8, 4) is 0 Å². The van der Waals surface area contributed by atoms with Gasteiger partial charge in [0.1, 0.15) is 11.6 Å². The third-order valence-electron chi connectivity index (χ3n) is 2.06. The van der Waals surface area contributed by atoms with Crippen molar-refractivity contribution < 1.29 is 22.0 Å². The van der Waals surface area contributed by atoms with Crippen LogP contribution in [0.4, 0.5) is 8.78 Å². The van der Waals surface area contributed by atoms with Crippen LogP contribution < -0.4 is 4.72 Å². The molecule has 0 aliphatic heterocycles. The van der Waals surface area contributed by atoms with Gasteiger partial charge >= 0.3 is 0 Å². The Balaban J connectivity index is 2.81. The Morgan fingerprint density at radius 2 is 2.00 bits per heavy atom. The zero-order chi connectivity index (χ0) is 13.1. The van der Waals surface area contributed by atoms with Crippen molar-refractivity contribution in [3.05, 3.63) is 35.4 Å². The lowest BCUT2D eigenvalue weighted by Crippen LogP contribution is -2.31. The van der Waals surface area contributed by atoms with E-state index in [4.69, 9.17) is 0 Å². The molecule has 1 aromatic carbocycles. The zero-order valence-corrected chi connectivity index (χ0v) is 9.85. The molecule has 0 aliphatic rings. The van der Waals surface area contributed by atoms with E-state index in [1.807, 2.05) is 4.72 Å². The van der Waals surface area contributed by atoms with Gasteiger partial charge in [0.2, 0.25) is 10.0 Å². The quantitative estimate of drug-likeness (QED) is 0.809. The molecular formula is C10H11F2NO3S. The van der Waals surface area contributed by atoms with Crippen molar-refractivity contribution in [2.75, 3.05) is 12.3 Å². The van der Waals surface area contributed by atoms with E-state index >= 15 is 0 Å². The number of nitrogens with one attached hydrogen (secondary N) is 1. The summed E-state index contributed by atoms with van der Waals surface area (Å²) in [5.41, 5.74) is -0.469. The van der Waals surface area contributed by atoms with Crippen LogP contribution >= 0.6 is 0 Å². The SMILES string of the molecule is CCS(=O)(=O)NCC(=O)c1cc(F)ccc1F. The van der Waals surface area contributed by atoms with Crippen LogP contribution in [-0.4, -0.2) is 26.5 Å². The molecule has 0 amide bonds. The van der Waals surface area contributed by atoms with E-state index < -0.39 is 39.5 Å². The Bertz CT molecular complexity index is 528. The molecule has 0 radical (unpaired) electrons. The van der Waals surface area contributed by atoms with E-state index in [1.165, 1.54) is 6.92 Å². The summed E-state index contributed by atoms with van der Waals surface area (Å²) in [6, 6.07) is 2.43. The minimum absolute atomic E-state index is 0.189. The van der Waals surface area contributed by atoms with Crippen molar-refractivity contribution in [3.63, 3.8) is 0 Å². The van der Waals surface area contributed by atoms with Crippen molar-refractivity contribution in [2.45, 2.75) is 6.92 Å². The molecule has 0 aliphatic carbocycles. The number of hydrogen-bond donors (Lipinski definition) is 1. The highest BCUT2D eigenvalue weighted by molar-refractivity contribution is 7.89. The normalized spacial score (nSPS) is 11.5. The minimum Gasteiger partial charge on any atom is -0.293 e. The van der Waals surface area contributed by atoms with Crippen LogP contribution in [0.3, 0.4) is 0 Å². The summed E-state index contributed by atoms with van der Waals surface area (Å²) >= 11 is 0. The van der Waals surface area contributed by atoms with Crippen molar-refractivity contribution in [2.24, 2.45) is 0 Å². The lowest BCUT2D eigenvalue weighted by Gasteiger charge is -2.04. The molecule has 94 valence electrons. The van der Waals surface area contributed by atoms with Crippen molar-refractivity contribution >= 4 is 15.8 Å². The van der Waals surface area contributed by atoms with Gasteiger partial charge in [-0.15, -0.1) is 0 Å². The zero-order valence-electron chi connectivity index (χ0n) is 9.04. The van der Waals surface area contributed by atoms with E-state index in [0.717, 1.165) is 18.2 Å². The summed E-state index contributed by atoms with van der Waals surface area (Å²) in [7, 11) is -3.53. The molecule has 4 nitrogen and oxygen atoms in total. The molecule has 0 aromatic heterocycles. The van der Waals surface area contributed by atoms with E-state index in [1.54, 1.807) is 0 Å². The van der Waals surface area contributed by atoms with E-state index in [2.05, 4.69) is 0 Å². The summed E-state index contributed by atoms with van der Waals surface area (Å²) in [6.45, 7) is 0.812. The molecule has 1 aromatic rings. The van der Waals surface area contributed by atoms with Crippen LogP contribution in [0.1, 0.15) is 17.3 Å². The molecule has 1 N–H and O–H groups in total. The monoisotopic (exact) mass is 263 g/mol. The maximum atomic E-state index is 13.2. The van der Waals surface area contributed by atoms with Crippen LogP contribution in [0.25, 0.3) is 0 Å². The van der Waals surface area contributed by atoms with Gasteiger partial charge in [0.05, 0.1) is 17.9 Å². The number of hydrogen-bond acceptors (Lipinski definition) is 3. The minimum atomic E-state index is -3.53. The maximum Gasteiger partial charge on any atom is 0.211 e. The lowest BCUT2D eigenvalue weighted by atomic mass is 10.1. The van der Waals surface area contributed by atoms with Crippen LogP contribution in [0.15, 0.2) is 18.2 Å². The van der Waals surface area contributed by atoms with E-state index in [-0.39, 0.29) is 5.75 Å². The Labute approximate surface area is 97.7 Å². The number of halogens is 2. The first-order valence-electron chi connectivity index (χ1n) is 4.81. The number of Topliss-reactive ketones (excluding diaryl/α,β-unsaturated/α-hetero) is 1. The predicted molar refractivity (Wildman–Crippen MR) is 58.2 cm³/mol. The molecule has 0 spiro atoms. The number of benzene rings is 1. The average Bonchev–Trinajstić information content (AvgIpc) is 2.29. The Morgan fingerprint density at radius 3 is 2.59 bits per heavy atom. The molecule has 17 heavy (non-hydrogen) atoms.